The van der Waals surface area contributed by atoms with Gasteiger partial charge in [0.1, 0.15) is 5.69 Å². The number of hydrogen-bond acceptors (Lipinski definition) is 4. The molecule has 0 bridgehead atoms. The van der Waals surface area contributed by atoms with Gasteiger partial charge in [-0.3, -0.25) is 10.1 Å². The van der Waals surface area contributed by atoms with Crippen molar-refractivity contribution in [2.45, 2.75) is 0 Å². The van der Waals surface area contributed by atoms with Crippen LogP contribution in [0.5, 0.6) is 0 Å². The minimum atomic E-state index is -0.427. The fourth-order valence-electron chi connectivity index (χ4n) is 2.59. The summed E-state index contributed by atoms with van der Waals surface area (Å²) in [5.74, 6) is 0.479. The number of rotatable bonds is 4. The predicted molar refractivity (Wildman–Crippen MR) is 95.0 cm³/mol. The van der Waals surface area contributed by atoms with Crippen LogP contribution < -0.4 is 17.2 Å². The summed E-state index contributed by atoms with van der Waals surface area (Å²) in [6, 6.07) is 25.5. The zero-order valence-electron chi connectivity index (χ0n) is 14.0. The van der Waals surface area contributed by atoms with Crippen LogP contribution in [-0.4, -0.2) is 19.9 Å². The molecule has 0 spiro atoms. The molecule has 0 saturated carbocycles. The molecule has 0 amide bonds. The van der Waals surface area contributed by atoms with Gasteiger partial charge in [-0.05, 0) is 46.3 Å². The number of halogens is 1. The van der Waals surface area contributed by atoms with Crippen molar-refractivity contribution in [1.82, 2.24) is 15.0 Å². The highest BCUT2D eigenvalue weighted by molar-refractivity contribution is 5.56. The number of benzene rings is 3. The Morgan fingerprint density at radius 1 is 0.852 bits per heavy atom. The van der Waals surface area contributed by atoms with Crippen LogP contribution in [0.4, 0.5) is 5.69 Å². The van der Waals surface area contributed by atoms with Crippen LogP contribution in [0.15, 0.2) is 84.9 Å². The predicted octanol–water partition coefficient (Wildman–Crippen LogP) is 0.123. The van der Waals surface area contributed by atoms with Gasteiger partial charge in [-0.15, -0.1) is 0 Å². The second-order valence-electron chi connectivity index (χ2n) is 5.58. The highest BCUT2D eigenvalue weighted by atomic mass is 35.5. The first-order valence-corrected chi connectivity index (χ1v) is 7.98. The van der Waals surface area contributed by atoms with Gasteiger partial charge in [0.2, 0.25) is 0 Å². The summed E-state index contributed by atoms with van der Waals surface area (Å²) in [6.45, 7) is 0. The molecule has 0 radical (unpaired) electrons. The smallest absolute Gasteiger partial charge is 0.340 e. The lowest BCUT2D eigenvalue weighted by Crippen LogP contribution is -3.00. The summed E-state index contributed by atoms with van der Waals surface area (Å²) in [6.07, 6.45) is 0. The summed E-state index contributed by atoms with van der Waals surface area (Å²) >= 11 is 0. The number of aromatic nitrogens is 4. The normalized spacial score (nSPS) is 10.2. The molecule has 7 nitrogen and oxygen atoms in total. The first kappa shape index (κ1) is 18.2. The summed E-state index contributed by atoms with van der Waals surface area (Å²) in [4.78, 5) is 13.8. The zero-order valence-corrected chi connectivity index (χ0v) is 14.8. The average Bonchev–Trinajstić information content (AvgIpc) is 3.15. The molecule has 0 fully saturated rings. The number of nitro benzene ring substituents is 1. The number of non-ortho nitro benzene ring substituents is 1. The molecule has 3 aromatic carbocycles. The van der Waals surface area contributed by atoms with E-state index in [-0.39, 0.29) is 18.1 Å². The fraction of sp³-hybridized carbons (Fsp3) is 0. The van der Waals surface area contributed by atoms with Gasteiger partial charge in [-0.1, -0.05) is 36.4 Å². The van der Waals surface area contributed by atoms with E-state index >= 15 is 0 Å². The maximum absolute atomic E-state index is 10.8. The fourth-order valence-corrected chi connectivity index (χ4v) is 2.59. The SMILES string of the molecule is O=[N+]([O-])c1ccc(-c2nn(-c3ccccc3)[n+](-c3ccccc3)n2)cc1.[Cl-]. The third-order valence-corrected chi connectivity index (χ3v) is 3.87. The molecular formula is C19H14ClN5O2. The highest BCUT2D eigenvalue weighted by Crippen LogP contribution is 2.19. The first-order chi connectivity index (χ1) is 12.7. The van der Waals surface area contributed by atoms with E-state index < -0.39 is 4.92 Å². The molecule has 134 valence electrons. The molecule has 0 aliphatic carbocycles. The van der Waals surface area contributed by atoms with E-state index in [1.54, 1.807) is 21.7 Å². The molecule has 4 aromatic rings. The van der Waals surface area contributed by atoms with E-state index in [4.69, 9.17) is 0 Å². The van der Waals surface area contributed by atoms with E-state index in [1.165, 1.54) is 12.1 Å². The van der Waals surface area contributed by atoms with Crippen LogP contribution in [-0.2, 0) is 0 Å². The van der Waals surface area contributed by atoms with Gasteiger partial charge in [-0.25, -0.2) is 0 Å². The molecule has 0 unspecified atom stereocenters. The van der Waals surface area contributed by atoms with E-state index in [1.807, 2.05) is 60.7 Å². The maximum atomic E-state index is 10.8. The van der Waals surface area contributed by atoms with Crippen LogP contribution in [0.3, 0.4) is 0 Å². The Bertz CT molecular complexity index is 994. The van der Waals surface area contributed by atoms with Crippen molar-refractivity contribution in [3.8, 4) is 22.8 Å². The number of para-hydroxylation sites is 2. The summed E-state index contributed by atoms with van der Waals surface area (Å²) in [5.41, 5.74) is 2.45. The van der Waals surface area contributed by atoms with Gasteiger partial charge >= 0.3 is 5.82 Å². The topological polar surface area (TPSA) is 77.7 Å². The molecular weight excluding hydrogens is 366 g/mol. The maximum Gasteiger partial charge on any atom is 0.340 e. The monoisotopic (exact) mass is 379 g/mol. The average molecular weight is 380 g/mol. The number of nitro groups is 1. The van der Waals surface area contributed by atoms with Gasteiger partial charge in [0.25, 0.3) is 5.69 Å². The van der Waals surface area contributed by atoms with Gasteiger partial charge in [-0.2, -0.15) is 0 Å². The van der Waals surface area contributed by atoms with Crippen molar-refractivity contribution in [3.63, 3.8) is 0 Å². The molecule has 8 heteroatoms. The lowest BCUT2D eigenvalue weighted by atomic mass is 10.2. The molecule has 1 heterocycles. The second-order valence-corrected chi connectivity index (χ2v) is 5.58. The van der Waals surface area contributed by atoms with E-state index in [9.17, 15) is 10.1 Å². The lowest BCUT2D eigenvalue weighted by molar-refractivity contribution is -0.734. The van der Waals surface area contributed by atoms with Crippen molar-refractivity contribution in [2.24, 2.45) is 0 Å². The first-order valence-electron chi connectivity index (χ1n) is 7.98. The summed E-state index contributed by atoms with van der Waals surface area (Å²) < 4.78 is 0. The Morgan fingerprint density at radius 3 is 2.04 bits per heavy atom. The van der Waals surface area contributed by atoms with Crippen LogP contribution in [0.25, 0.3) is 22.8 Å². The Kier molecular flexibility index (Phi) is 5.23. The van der Waals surface area contributed by atoms with Crippen molar-refractivity contribution in [1.29, 1.82) is 0 Å². The van der Waals surface area contributed by atoms with Crippen molar-refractivity contribution < 1.29 is 22.1 Å². The van der Waals surface area contributed by atoms with Crippen LogP contribution in [0.1, 0.15) is 0 Å². The molecule has 27 heavy (non-hydrogen) atoms. The van der Waals surface area contributed by atoms with Gasteiger partial charge in [0.05, 0.1) is 15.6 Å². The van der Waals surface area contributed by atoms with Crippen molar-refractivity contribution in [3.05, 3.63) is 95.0 Å². The Labute approximate surface area is 161 Å². The van der Waals surface area contributed by atoms with Crippen LogP contribution >= 0.6 is 0 Å². The highest BCUT2D eigenvalue weighted by Gasteiger charge is 2.23. The lowest BCUT2D eigenvalue weighted by Gasteiger charge is -1.98. The molecule has 1 aromatic heterocycles. The van der Waals surface area contributed by atoms with Crippen LogP contribution in [0.2, 0.25) is 0 Å². The second kappa shape index (κ2) is 7.76. The summed E-state index contributed by atoms with van der Waals surface area (Å²) in [5, 5.41) is 20.0. The third-order valence-electron chi connectivity index (χ3n) is 3.87. The molecule has 0 N–H and O–H groups in total. The third kappa shape index (κ3) is 3.68. The Balaban J connectivity index is 0.00000210. The number of hydrogen-bond donors (Lipinski definition) is 0. The van der Waals surface area contributed by atoms with E-state index in [2.05, 4.69) is 10.2 Å². The van der Waals surface area contributed by atoms with E-state index in [0.717, 1.165) is 11.4 Å². The molecule has 0 atom stereocenters. The van der Waals surface area contributed by atoms with Gasteiger partial charge in [0, 0.05) is 16.9 Å². The zero-order chi connectivity index (χ0) is 17.9. The van der Waals surface area contributed by atoms with Crippen molar-refractivity contribution in [2.75, 3.05) is 0 Å². The van der Waals surface area contributed by atoms with E-state index in [0.29, 0.717) is 11.4 Å². The van der Waals surface area contributed by atoms with Gasteiger partial charge < -0.3 is 12.4 Å². The molecule has 4 rings (SSSR count). The van der Waals surface area contributed by atoms with Crippen LogP contribution in [0, 0.1) is 10.1 Å². The Hall–Kier alpha value is -3.58. The number of nitrogens with zero attached hydrogens (tertiary/aromatic N) is 5. The minimum Gasteiger partial charge on any atom is -1.00 e. The standard InChI is InChI=1S/C19H14N5O2.ClH/c25-24(26)18-13-11-15(12-14-18)19-20-22(16-7-3-1-4-8-16)23(21-19)17-9-5-2-6-10-17;/h1-14H;1H/q+1;/p-1. The summed E-state index contributed by atoms with van der Waals surface area (Å²) in [7, 11) is 0. The number of tetrazole rings is 1. The quantitative estimate of drug-likeness (QED) is 0.287. The Morgan fingerprint density at radius 2 is 1.44 bits per heavy atom. The van der Waals surface area contributed by atoms with Crippen molar-refractivity contribution >= 4 is 5.69 Å². The molecule has 0 saturated heterocycles. The molecule has 0 aliphatic heterocycles. The molecule has 0 aliphatic rings. The minimum absolute atomic E-state index is 0. The van der Waals surface area contributed by atoms with Gasteiger partial charge in [0.15, 0.2) is 5.69 Å². The largest absolute Gasteiger partial charge is 1.00 e.